The van der Waals surface area contributed by atoms with Crippen molar-refractivity contribution >= 4 is 5.91 Å². The first-order chi connectivity index (χ1) is 4.57. The maximum Gasteiger partial charge on any atom is 0.224 e. The van der Waals surface area contributed by atoms with Gasteiger partial charge in [-0.05, 0) is 26.9 Å². The monoisotopic (exact) mass is 142 g/mol. The third-order valence-corrected chi connectivity index (χ3v) is 2.00. The molecule has 1 rings (SSSR count). The highest BCUT2D eigenvalue weighted by atomic mass is 16.1. The van der Waals surface area contributed by atoms with Gasteiger partial charge in [-0.3, -0.25) is 4.79 Å². The number of hydrogen-bond donors (Lipinski definition) is 1. The Morgan fingerprint density at radius 1 is 1.60 bits per heavy atom. The summed E-state index contributed by atoms with van der Waals surface area (Å²) in [6, 6.07) is 0. The molecular weight excluding hydrogens is 128 g/mol. The summed E-state index contributed by atoms with van der Waals surface area (Å²) < 4.78 is 0. The topological polar surface area (TPSA) is 46.3 Å². The van der Waals surface area contributed by atoms with E-state index in [4.69, 9.17) is 5.73 Å². The van der Waals surface area contributed by atoms with Gasteiger partial charge in [0.1, 0.15) is 0 Å². The quantitative estimate of drug-likeness (QED) is 0.594. The molecule has 0 heterocycles. The van der Waals surface area contributed by atoms with Gasteiger partial charge < -0.3 is 10.6 Å². The molecule has 0 atom stereocenters. The van der Waals surface area contributed by atoms with E-state index < -0.39 is 0 Å². The predicted molar refractivity (Wildman–Crippen MR) is 39.4 cm³/mol. The zero-order valence-corrected chi connectivity index (χ0v) is 6.55. The average Bonchev–Trinajstić information content (AvgIpc) is 2.46. The molecule has 1 saturated carbocycles. The third-order valence-electron chi connectivity index (χ3n) is 2.00. The van der Waals surface area contributed by atoms with Crippen molar-refractivity contribution in [2.24, 2.45) is 11.1 Å². The van der Waals surface area contributed by atoms with Gasteiger partial charge in [0.25, 0.3) is 0 Å². The van der Waals surface area contributed by atoms with Crippen molar-refractivity contribution in [3.8, 4) is 0 Å². The van der Waals surface area contributed by atoms with Crippen LogP contribution >= 0.6 is 0 Å². The van der Waals surface area contributed by atoms with E-state index in [1.807, 2.05) is 19.0 Å². The fourth-order valence-corrected chi connectivity index (χ4v) is 1.24. The summed E-state index contributed by atoms with van der Waals surface area (Å²) in [5, 5.41) is 0. The van der Waals surface area contributed by atoms with E-state index in [0.29, 0.717) is 0 Å². The molecule has 0 aliphatic heterocycles. The standard InChI is InChI=1S/C7H14N2O/c1-9(2)5-7(3-4-7)6(8)10/h3-5H2,1-2H3,(H2,8,10). The largest absolute Gasteiger partial charge is 0.369 e. The molecule has 0 spiro atoms. The van der Waals surface area contributed by atoms with Gasteiger partial charge in [0.05, 0.1) is 5.41 Å². The minimum atomic E-state index is -0.163. The average molecular weight is 142 g/mol. The number of primary amides is 1. The zero-order chi connectivity index (χ0) is 7.78. The normalized spacial score (nSPS) is 21.1. The summed E-state index contributed by atoms with van der Waals surface area (Å²) in [5.41, 5.74) is 5.05. The molecule has 0 bridgehead atoms. The van der Waals surface area contributed by atoms with Crippen LogP contribution < -0.4 is 5.73 Å². The number of carbonyl (C=O) groups is 1. The second kappa shape index (κ2) is 2.23. The Labute approximate surface area is 61.2 Å². The number of hydrogen-bond acceptors (Lipinski definition) is 2. The van der Waals surface area contributed by atoms with Crippen LogP contribution in [0.4, 0.5) is 0 Å². The van der Waals surface area contributed by atoms with Gasteiger partial charge in [-0.25, -0.2) is 0 Å². The van der Waals surface area contributed by atoms with Gasteiger partial charge in [0.2, 0.25) is 5.91 Å². The Hall–Kier alpha value is -0.570. The number of rotatable bonds is 3. The lowest BCUT2D eigenvalue weighted by Gasteiger charge is -2.15. The van der Waals surface area contributed by atoms with Crippen molar-refractivity contribution in [1.29, 1.82) is 0 Å². The highest BCUT2D eigenvalue weighted by Crippen LogP contribution is 2.45. The fourth-order valence-electron chi connectivity index (χ4n) is 1.24. The molecular formula is C7H14N2O. The van der Waals surface area contributed by atoms with Gasteiger partial charge in [-0.1, -0.05) is 0 Å². The van der Waals surface area contributed by atoms with Crippen LogP contribution in [0.5, 0.6) is 0 Å². The minimum Gasteiger partial charge on any atom is -0.369 e. The molecule has 0 aromatic heterocycles. The summed E-state index contributed by atoms with van der Waals surface area (Å²) in [5.74, 6) is -0.138. The number of carbonyl (C=O) groups excluding carboxylic acids is 1. The first-order valence-corrected chi connectivity index (χ1v) is 3.51. The fraction of sp³-hybridized carbons (Fsp3) is 0.857. The Kier molecular flexibility index (Phi) is 1.68. The van der Waals surface area contributed by atoms with Crippen molar-refractivity contribution < 1.29 is 4.79 Å². The van der Waals surface area contributed by atoms with Gasteiger partial charge in [0, 0.05) is 6.54 Å². The molecule has 2 N–H and O–H groups in total. The van der Waals surface area contributed by atoms with E-state index in [9.17, 15) is 4.79 Å². The van der Waals surface area contributed by atoms with Crippen LogP contribution in [0.15, 0.2) is 0 Å². The molecule has 1 amide bonds. The van der Waals surface area contributed by atoms with Gasteiger partial charge in [0.15, 0.2) is 0 Å². The summed E-state index contributed by atoms with van der Waals surface area (Å²) >= 11 is 0. The van der Waals surface area contributed by atoms with E-state index in [-0.39, 0.29) is 11.3 Å². The molecule has 0 saturated heterocycles. The number of nitrogens with two attached hydrogens (primary N) is 1. The first-order valence-electron chi connectivity index (χ1n) is 3.51. The van der Waals surface area contributed by atoms with Gasteiger partial charge in [-0.2, -0.15) is 0 Å². The van der Waals surface area contributed by atoms with Crippen molar-refractivity contribution in [1.82, 2.24) is 4.90 Å². The Bertz CT molecular complexity index is 150. The van der Waals surface area contributed by atoms with Gasteiger partial charge in [-0.15, -0.1) is 0 Å². The maximum absolute atomic E-state index is 10.8. The van der Waals surface area contributed by atoms with Crippen LogP contribution in [-0.2, 0) is 4.79 Å². The van der Waals surface area contributed by atoms with Crippen LogP contribution in [0.1, 0.15) is 12.8 Å². The second-order valence-corrected chi connectivity index (χ2v) is 3.38. The van der Waals surface area contributed by atoms with Crippen molar-refractivity contribution in [2.45, 2.75) is 12.8 Å². The molecule has 3 heteroatoms. The van der Waals surface area contributed by atoms with Crippen LogP contribution in [0.3, 0.4) is 0 Å². The number of amides is 1. The van der Waals surface area contributed by atoms with Crippen molar-refractivity contribution in [3.63, 3.8) is 0 Å². The lowest BCUT2D eigenvalue weighted by molar-refractivity contribution is -0.123. The number of nitrogens with zero attached hydrogens (tertiary/aromatic N) is 1. The van der Waals surface area contributed by atoms with Crippen molar-refractivity contribution in [3.05, 3.63) is 0 Å². The molecule has 1 fully saturated rings. The lowest BCUT2D eigenvalue weighted by Crippen LogP contribution is -2.34. The minimum absolute atomic E-state index is 0.138. The summed E-state index contributed by atoms with van der Waals surface area (Å²) in [4.78, 5) is 12.8. The maximum atomic E-state index is 10.8. The van der Waals surface area contributed by atoms with Gasteiger partial charge >= 0.3 is 0 Å². The van der Waals surface area contributed by atoms with E-state index in [0.717, 1.165) is 19.4 Å². The molecule has 0 aromatic carbocycles. The lowest BCUT2D eigenvalue weighted by atomic mass is 10.1. The smallest absolute Gasteiger partial charge is 0.224 e. The molecule has 0 aromatic rings. The highest BCUT2D eigenvalue weighted by molar-refractivity contribution is 5.83. The van der Waals surface area contributed by atoms with E-state index >= 15 is 0 Å². The summed E-state index contributed by atoms with van der Waals surface area (Å²) in [6.45, 7) is 0.808. The van der Waals surface area contributed by atoms with Crippen LogP contribution in [-0.4, -0.2) is 31.4 Å². The summed E-state index contributed by atoms with van der Waals surface area (Å²) in [6.07, 6.45) is 1.95. The Balaban J connectivity index is 2.45. The van der Waals surface area contributed by atoms with Crippen molar-refractivity contribution in [2.75, 3.05) is 20.6 Å². The van der Waals surface area contributed by atoms with E-state index in [1.165, 1.54) is 0 Å². The zero-order valence-electron chi connectivity index (χ0n) is 6.55. The van der Waals surface area contributed by atoms with Crippen LogP contribution in [0.25, 0.3) is 0 Å². The SMILES string of the molecule is CN(C)CC1(C(N)=O)CC1. The molecule has 1 aliphatic rings. The van der Waals surface area contributed by atoms with Crippen LogP contribution in [0.2, 0.25) is 0 Å². The highest BCUT2D eigenvalue weighted by Gasteiger charge is 2.48. The van der Waals surface area contributed by atoms with E-state index in [1.54, 1.807) is 0 Å². The molecule has 0 unspecified atom stereocenters. The molecule has 3 nitrogen and oxygen atoms in total. The predicted octanol–water partition coefficient (Wildman–Crippen LogP) is -0.187. The third kappa shape index (κ3) is 1.29. The first kappa shape index (κ1) is 7.54. The molecule has 58 valence electrons. The van der Waals surface area contributed by atoms with Crippen LogP contribution in [0, 0.1) is 5.41 Å². The molecule has 1 aliphatic carbocycles. The Morgan fingerprint density at radius 2 is 2.10 bits per heavy atom. The summed E-state index contributed by atoms with van der Waals surface area (Å²) in [7, 11) is 3.92. The van der Waals surface area contributed by atoms with E-state index in [2.05, 4.69) is 0 Å². The Morgan fingerprint density at radius 3 is 2.20 bits per heavy atom. The second-order valence-electron chi connectivity index (χ2n) is 3.38. The molecule has 0 radical (unpaired) electrons. The molecule has 10 heavy (non-hydrogen) atoms.